The summed E-state index contributed by atoms with van der Waals surface area (Å²) in [5.74, 6) is 0.616. The summed E-state index contributed by atoms with van der Waals surface area (Å²) in [4.78, 5) is 17.7. The van der Waals surface area contributed by atoms with Crippen LogP contribution in [0, 0.1) is 5.92 Å². The summed E-state index contributed by atoms with van der Waals surface area (Å²) in [7, 11) is 0. The smallest absolute Gasteiger partial charge is 0.237 e. The van der Waals surface area contributed by atoms with Crippen LogP contribution in [0.1, 0.15) is 46.5 Å². The van der Waals surface area contributed by atoms with Crippen LogP contribution in [0.5, 0.6) is 0 Å². The van der Waals surface area contributed by atoms with Crippen molar-refractivity contribution < 1.29 is 14.3 Å². The van der Waals surface area contributed by atoms with Crippen molar-refractivity contribution in [2.45, 2.75) is 58.6 Å². The minimum atomic E-state index is -0.0134. The van der Waals surface area contributed by atoms with Gasteiger partial charge in [-0.1, -0.05) is 26.7 Å². The Labute approximate surface area is 159 Å². The van der Waals surface area contributed by atoms with E-state index >= 15 is 0 Å². The van der Waals surface area contributed by atoms with E-state index in [-0.39, 0.29) is 11.9 Å². The number of nitrogens with zero attached hydrogens (tertiary/aromatic N) is 2. The lowest BCUT2D eigenvalue weighted by Crippen LogP contribution is -2.54. The van der Waals surface area contributed by atoms with Crippen LogP contribution >= 0.6 is 0 Å². The van der Waals surface area contributed by atoms with Crippen molar-refractivity contribution in [1.82, 2.24) is 15.1 Å². The van der Waals surface area contributed by atoms with E-state index in [1.165, 1.54) is 0 Å². The molecule has 0 bridgehead atoms. The van der Waals surface area contributed by atoms with Gasteiger partial charge in [-0.25, -0.2) is 0 Å². The topological polar surface area (TPSA) is 54.0 Å². The molecule has 2 fully saturated rings. The van der Waals surface area contributed by atoms with E-state index in [1.54, 1.807) is 0 Å². The zero-order valence-corrected chi connectivity index (χ0v) is 17.0. The number of hydrogen-bond donors (Lipinski definition) is 1. The second-order valence-corrected chi connectivity index (χ2v) is 7.65. The fourth-order valence-corrected chi connectivity index (χ4v) is 4.17. The molecule has 2 rings (SSSR count). The second-order valence-electron chi connectivity index (χ2n) is 7.65. The van der Waals surface area contributed by atoms with Gasteiger partial charge in [-0.15, -0.1) is 0 Å². The number of rotatable bonds is 9. The van der Waals surface area contributed by atoms with Gasteiger partial charge >= 0.3 is 0 Å². The Morgan fingerprint density at radius 2 is 1.88 bits per heavy atom. The quantitative estimate of drug-likeness (QED) is 0.628. The lowest BCUT2D eigenvalue weighted by molar-refractivity contribution is -0.130. The van der Waals surface area contributed by atoms with Crippen LogP contribution in [-0.4, -0.2) is 86.9 Å². The highest BCUT2D eigenvalue weighted by Gasteiger charge is 2.32. The molecule has 2 aliphatic rings. The van der Waals surface area contributed by atoms with E-state index in [1.807, 2.05) is 0 Å². The number of carbonyl (C=O) groups excluding carboxylic acids is 1. The SMILES string of the molecule is CCC(CC)[C@H](C(=O)NCCCN1CCCO[C@H](C)C1)N1CCOCC1. The first-order valence-electron chi connectivity index (χ1n) is 10.6. The lowest BCUT2D eigenvalue weighted by atomic mass is 9.91. The number of nitrogens with one attached hydrogen (secondary N) is 1. The molecule has 2 atom stereocenters. The molecule has 26 heavy (non-hydrogen) atoms. The molecule has 0 aromatic carbocycles. The Morgan fingerprint density at radius 3 is 2.58 bits per heavy atom. The standard InChI is InChI=1S/C20H39N3O3/c1-4-18(5-2)19(23-11-14-25-15-12-23)20(24)21-8-6-9-22-10-7-13-26-17(3)16-22/h17-19H,4-16H2,1-3H3,(H,21,24)/t17-,19-/m1/s1. The third-order valence-electron chi connectivity index (χ3n) is 5.69. The molecule has 2 heterocycles. The van der Waals surface area contributed by atoms with Crippen LogP contribution in [0.3, 0.4) is 0 Å². The van der Waals surface area contributed by atoms with Crippen LogP contribution in [-0.2, 0) is 14.3 Å². The average Bonchev–Trinajstić information content (AvgIpc) is 2.87. The Morgan fingerprint density at radius 1 is 1.15 bits per heavy atom. The van der Waals surface area contributed by atoms with Gasteiger partial charge < -0.3 is 19.7 Å². The Kier molecular flexibility index (Phi) is 9.89. The summed E-state index contributed by atoms with van der Waals surface area (Å²) in [6.07, 6.45) is 4.49. The first-order chi connectivity index (χ1) is 12.7. The summed E-state index contributed by atoms with van der Waals surface area (Å²) in [6.45, 7) is 14.5. The molecule has 0 aromatic heterocycles. The molecule has 0 aliphatic carbocycles. The summed E-state index contributed by atoms with van der Waals surface area (Å²) >= 11 is 0. The number of carbonyl (C=O) groups is 1. The Balaban J connectivity index is 1.78. The monoisotopic (exact) mass is 369 g/mol. The third kappa shape index (κ3) is 6.80. The van der Waals surface area contributed by atoms with Gasteiger partial charge in [0.25, 0.3) is 0 Å². The molecule has 0 unspecified atom stereocenters. The molecule has 0 saturated carbocycles. The van der Waals surface area contributed by atoms with E-state index in [9.17, 15) is 4.79 Å². The maximum absolute atomic E-state index is 12.9. The van der Waals surface area contributed by atoms with Gasteiger partial charge in [-0.3, -0.25) is 9.69 Å². The van der Waals surface area contributed by atoms with E-state index < -0.39 is 0 Å². The summed E-state index contributed by atoms with van der Waals surface area (Å²) in [5.41, 5.74) is 0. The number of morpholine rings is 1. The molecule has 1 amide bonds. The normalized spacial score (nSPS) is 24.4. The zero-order chi connectivity index (χ0) is 18.8. The van der Waals surface area contributed by atoms with Crippen LogP contribution in [0.25, 0.3) is 0 Å². The largest absolute Gasteiger partial charge is 0.379 e. The zero-order valence-electron chi connectivity index (χ0n) is 17.0. The van der Waals surface area contributed by atoms with Crippen LogP contribution in [0.2, 0.25) is 0 Å². The minimum Gasteiger partial charge on any atom is -0.379 e. The molecule has 1 N–H and O–H groups in total. The highest BCUT2D eigenvalue weighted by atomic mass is 16.5. The van der Waals surface area contributed by atoms with Gasteiger partial charge in [0.05, 0.1) is 25.4 Å². The summed E-state index contributed by atoms with van der Waals surface area (Å²) < 4.78 is 11.2. The number of ether oxygens (including phenoxy) is 2. The van der Waals surface area contributed by atoms with Gasteiger partial charge in [0, 0.05) is 39.3 Å². The van der Waals surface area contributed by atoms with Crippen LogP contribution < -0.4 is 5.32 Å². The predicted molar refractivity (Wildman–Crippen MR) is 104 cm³/mol. The van der Waals surface area contributed by atoms with Crippen LogP contribution in [0.15, 0.2) is 0 Å². The fourth-order valence-electron chi connectivity index (χ4n) is 4.17. The molecule has 6 nitrogen and oxygen atoms in total. The summed E-state index contributed by atoms with van der Waals surface area (Å²) in [6, 6.07) is -0.0134. The predicted octanol–water partition coefficient (Wildman–Crippen LogP) is 1.74. The van der Waals surface area contributed by atoms with Crippen molar-refractivity contribution in [3.8, 4) is 0 Å². The minimum absolute atomic E-state index is 0.0134. The first-order valence-corrected chi connectivity index (χ1v) is 10.6. The van der Waals surface area contributed by atoms with Gasteiger partial charge in [-0.2, -0.15) is 0 Å². The average molecular weight is 370 g/mol. The van der Waals surface area contributed by atoms with Crippen molar-refractivity contribution in [3.63, 3.8) is 0 Å². The second kappa shape index (κ2) is 11.9. The molecular formula is C20H39N3O3. The van der Waals surface area contributed by atoms with Gasteiger partial charge in [0.1, 0.15) is 0 Å². The molecule has 0 radical (unpaired) electrons. The molecular weight excluding hydrogens is 330 g/mol. The van der Waals surface area contributed by atoms with Crippen molar-refractivity contribution in [1.29, 1.82) is 0 Å². The molecule has 2 saturated heterocycles. The maximum Gasteiger partial charge on any atom is 0.237 e. The van der Waals surface area contributed by atoms with Crippen molar-refractivity contribution in [2.75, 3.05) is 59.1 Å². The Bertz CT molecular complexity index is 398. The van der Waals surface area contributed by atoms with Gasteiger partial charge in [0.15, 0.2) is 0 Å². The van der Waals surface area contributed by atoms with Crippen molar-refractivity contribution >= 4 is 5.91 Å². The van der Waals surface area contributed by atoms with E-state index in [0.717, 1.165) is 84.8 Å². The maximum atomic E-state index is 12.9. The van der Waals surface area contributed by atoms with Gasteiger partial charge in [0.2, 0.25) is 5.91 Å². The Hall–Kier alpha value is -0.690. The molecule has 6 heteroatoms. The lowest BCUT2D eigenvalue weighted by Gasteiger charge is -2.37. The molecule has 0 aromatic rings. The highest BCUT2D eigenvalue weighted by molar-refractivity contribution is 5.82. The molecule has 152 valence electrons. The van der Waals surface area contributed by atoms with Crippen molar-refractivity contribution in [2.24, 2.45) is 5.92 Å². The van der Waals surface area contributed by atoms with E-state index in [0.29, 0.717) is 12.0 Å². The van der Waals surface area contributed by atoms with Crippen LogP contribution in [0.4, 0.5) is 0 Å². The number of hydrogen-bond acceptors (Lipinski definition) is 5. The van der Waals surface area contributed by atoms with Gasteiger partial charge in [-0.05, 0) is 32.2 Å². The molecule has 0 spiro atoms. The van der Waals surface area contributed by atoms with E-state index in [2.05, 4.69) is 35.9 Å². The molecule has 2 aliphatic heterocycles. The van der Waals surface area contributed by atoms with E-state index in [4.69, 9.17) is 9.47 Å². The summed E-state index contributed by atoms with van der Waals surface area (Å²) in [5, 5.41) is 3.22. The third-order valence-corrected chi connectivity index (χ3v) is 5.69. The fraction of sp³-hybridized carbons (Fsp3) is 0.950. The number of amides is 1. The highest BCUT2D eigenvalue weighted by Crippen LogP contribution is 2.20. The first kappa shape index (κ1) is 21.6. The van der Waals surface area contributed by atoms with Crippen molar-refractivity contribution in [3.05, 3.63) is 0 Å².